The van der Waals surface area contributed by atoms with E-state index in [1.807, 2.05) is 0 Å². The van der Waals surface area contributed by atoms with Crippen LogP contribution in [0.3, 0.4) is 0 Å². The highest BCUT2D eigenvalue weighted by Gasteiger charge is 2.68. The van der Waals surface area contributed by atoms with Crippen molar-refractivity contribution in [1.82, 2.24) is 0 Å². The van der Waals surface area contributed by atoms with Crippen LogP contribution in [0.2, 0.25) is 0 Å². The first-order chi connectivity index (χ1) is 8.45. The molecular formula is C16H24O2. The third kappa shape index (κ3) is 1.22. The van der Waals surface area contributed by atoms with E-state index in [9.17, 15) is 4.79 Å². The lowest BCUT2D eigenvalue weighted by Gasteiger charge is -2.65. The molecule has 5 atom stereocenters. The Labute approximate surface area is 110 Å². The van der Waals surface area contributed by atoms with Crippen LogP contribution in [0.25, 0.3) is 0 Å². The topological polar surface area (TPSA) is 26.3 Å². The number of methoxy groups -OCH3 is 1. The third-order valence-electron chi connectivity index (χ3n) is 6.33. The summed E-state index contributed by atoms with van der Waals surface area (Å²) in [6, 6.07) is 0. The predicted molar refractivity (Wildman–Crippen MR) is 70.9 cm³/mol. The first kappa shape index (κ1) is 12.3. The molecule has 0 aromatic carbocycles. The fourth-order valence-electron chi connectivity index (χ4n) is 5.45. The van der Waals surface area contributed by atoms with Crippen LogP contribution >= 0.6 is 0 Å². The van der Waals surface area contributed by atoms with E-state index in [2.05, 4.69) is 26.8 Å². The monoisotopic (exact) mass is 248 g/mol. The van der Waals surface area contributed by atoms with E-state index in [-0.39, 0.29) is 11.4 Å². The molecule has 2 nitrogen and oxygen atoms in total. The van der Waals surface area contributed by atoms with Crippen molar-refractivity contribution in [2.24, 2.45) is 28.6 Å². The second kappa shape index (κ2) is 3.61. The van der Waals surface area contributed by atoms with Crippen molar-refractivity contribution in [3.63, 3.8) is 0 Å². The summed E-state index contributed by atoms with van der Waals surface area (Å²) >= 11 is 0. The molecule has 3 aliphatic rings. The van der Waals surface area contributed by atoms with Gasteiger partial charge in [-0.25, -0.2) is 0 Å². The summed E-state index contributed by atoms with van der Waals surface area (Å²) < 4.78 is 5.12. The van der Waals surface area contributed by atoms with E-state index in [0.717, 1.165) is 12.8 Å². The molecule has 2 saturated carbocycles. The lowest BCUT2D eigenvalue weighted by molar-refractivity contribution is -0.181. The Hall–Kier alpha value is -0.790. The van der Waals surface area contributed by atoms with Gasteiger partial charge in [0.15, 0.2) is 0 Å². The van der Waals surface area contributed by atoms with Crippen LogP contribution in [0.1, 0.15) is 46.5 Å². The fraction of sp³-hybridized carbons (Fsp3) is 0.812. The van der Waals surface area contributed by atoms with E-state index in [1.165, 1.54) is 25.5 Å². The second-order valence-electron chi connectivity index (χ2n) is 7.06. The van der Waals surface area contributed by atoms with Gasteiger partial charge < -0.3 is 4.74 Å². The van der Waals surface area contributed by atoms with Crippen molar-refractivity contribution in [1.29, 1.82) is 0 Å². The number of carbonyl (C=O) groups excluding carboxylic acids is 1. The van der Waals surface area contributed by atoms with Crippen LogP contribution in [-0.2, 0) is 9.53 Å². The number of hydrogen-bond acceptors (Lipinski definition) is 2. The zero-order valence-corrected chi connectivity index (χ0v) is 12.0. The average molecular weight is 248 g/mol. The van der Waals surface area contributed by atoms with Crippen LogP contribution in [0, 0.1) is 28.6 Å². The van der Waals surface area contributed by atoms with Gasteiger partial charge in [0, 0.05) is 0 Å². The largest absolute Gasteiger partial charge is 0.469 e. The van der Waals surface area contributed by atoms with E-state index >= 15 is 0 Å². The molecule has 5 unspecified atom stereocenters. The van der Waals surface area contributed by atoms with Crippen LogP contribution < -0.4 is 0 Å². The van der Waals surface area contributed by atoms with E-state index in [0.29, 0.717) is 23.2 Å². The van der Waals surface area contributed by atoms with Gasteiger partial charge >= 0.3 is 5.97 Å². The molecule has 0 radical (unpaired) electrons. The normalized spacial score (nSPS) is 49.8. The quantitative estimate of drug-likeness (QED) is 0.524. The Bertz CT molecular complexity index is 425. The van der Waals surface area contributed by atoms with Crippen molar-refractivity contribution in [3.8, 4) is 0 Å². The lowest BCUT2D eigenvalue weighted by Crippen LogP contribution is -2.62. The molecule has 0 saturated heterocycles. The van der Waals surface area contributed by atoms with Crippen LogP contribution in [0.5, 0.6) is 0 Å². The molecule has 0 spiro atoms. The van der Waals surface area contributed by atoms with E-state index in [1.54, 1.807) is 0 Å². The zero-order valence-electron chi connectivity index (χ0n) is 12.0. The standard InChI is InChI=1S/C16H24O2/c1-10-6-7-11-13-12(10)15(11,2)8-5-9-16(13,3)14(17)18-4/h6,11-13H,5,7-9H2,1-4H3. The van der Waals surface area contributed by atoms with Crippen LogP contribution in [0.4, 0.5) is 0 Å². The molecule has 0 aliphatic heterocycles. The molecule has 100 valence electrons. The molecule has 3 aliphatic carbocycles. The first-order valence-electron chi connectivity index (χ1n) is 7.20. The summed E-state index contributed by atoms with van der Waals surface area (Å²) in [7, 11) is 1.54. The van der Waals surface area contributed by atoms with Gasteiger partial charge in [0.2, 0.25) is 0 Å². The van der Waals surface area contributed by atoms with Crippen molar-refractivity contribution < 1.29 is 9.53 Å². The Morgan fingerprint density at radius 2 is 2.11 bits per heavy atom. The molecule has 0 heterocycles. The van der Waals surface area contributed by atoms with Crippen LogP contribution in [0.15, 0.2) is 11.6 Å². The predicted octanol–water partition coefficient (Wildman–Crippen LogP) is 3.57. The van der Waals surface area contributed by atoms with Gasteiger partial charge in [-0.05, 0) is 56.3 Å². The summed E-state index contributed by atoms with van der Waals surface area (Å²) in [5, 5.41) is 0. The van der Waals surface area contributed by atoms with Gasteiger partial charge in [0.1, 0.15) is 0 Å². The van der Waals surface area contributed by atoms with E-state index in [4.69, 9.17) is 4.74 Å². The summed E-state index contributed by atoms with van der Waals surface area (Å²) in [6.07, 6.45) is 7.00. The Balaban J connectivity index is 2.04. The van der Waals surface area contributed by atoms with Gasteiger partial charge in [-0.15, -0.1) is 0 Å². The highest BCUT2D eigenvalue weighted by molar-refractivity contribution is 5.77. The molecule has 0 N–H and O–H groups in total. The van der Waals surface area contributed by atoms with Gasteiger partial charge in [-0.1, -0.05) is 25.0 Å². The summed E-state index contributed by atoms with van der Waals surface area (Å²) in [6.45, 7) is 6.85. The van der Waals surface area contributed by atoms with Crippen molar-refractivity contribution in [3.05, 3.63) is 11.6 Å². The highest BCUT2D eigenvalue weighted by Crippen LogP contribution is 2.72. The smallest absolute Gasteiger partial charge is 0.311 e. The molecule has 0 aromatic heterocycles. The molecule has 0 amide bonds. The van der Waals surface area contributed by atoms with Crippen molar-refractivity contribution in [2.45, 2.75) is 46.5 Å². The van der Waals surface area contributed by atoms with Gasteiger partial charge in [0.25, 0.3) is 0 Å². The van der Waals surface area contributed by atoms with Gasteiger partial charge in [-0.2, -0.15) is 0 Å². The minimum absolute atomic E-state index is 0.0150. The maximum absolute atomic E-state index is 12.3. The first-order valence-corrected chi connectivity index (χ1v) is 7.20. The SMILES string of the molecule is COC(=O)C1(C)CCCC2(C)C3CC=C(C)C2C31. The Morgan fingerprint density at radius 1 is 1.39 bits per heavy atom. The summed E-state index contributed by atoms with van der Waals surface area (Å²) in [5.74, 6) is 1.84. The number of ether oxygens (including phenoxy) is 1. The van der Waals surface area contributed by atoms with Crippen molar-refractivity contribution in [2.75, 3.05) is 7.11 Å². The third-order valence-corrected chi connectivity index (χ3v) is 6.33. The van der Waals surface area contributed by atoms with Gasteiger partial charge in [0.05, 0.1) is 12.5 Å². The molecule has 2 fully saturated rings. The Kier molecular flexibility index (Phi) is 2.46. The Morgan fingerprint density at radius 3 is 2.72 bits per heavy atom. The second-order valence-corrected chi connectivity index (χ2v) is 7.06. The molecule has 18 heavy (non-hydrogen) atoms. The minimum Gasteiger partial charge on any atom is -0.469 e. The summed E-state index contributed by atoms with van der Waals surface area (Å²) in [5.41, 5.74) is 1.72. The van der Waals surface area contributed by atoms with Crippen molar-refractivity contribution >= 4 is 5.97 Å². The molecule has 4 bridgehead atoms. The maximum Gasteiger partial charge on any atom is 0.311 e. The van der Waals surface area contributed by atoms with Gasteiger partial charge in [-0.3, -0.25) is 4.79 Å². The maximum atomic E-state index is 12.3. The number of esters is 1. The number of fused-ring (bicyclic) bond motifs is 1. The number of rotatable bonds is 1. The van der Waals surface area contributed by atoms with E-state index < -0.39 is 0 Å². The molecule has 0 aromatic rings. The highest BCUT2D eigenvalue weighted by atomic mass is 16.5. The molecule has 3 rings (SSSR count). The van der Waals surface area contributed by atoms with Crippen LogP contribution in [-0.4, -0.2) is 13.1 Å². The minimum atomic E-state index is -0.254. The zero-order chi connectivity index (χ0) is 13.1. The number of hydrogen-bond donors (Lipinski definition) is 0. The lowest BCUT2D eigenvalue weighted by atomic mass is 9.38. The average Bonchev–Trinajstić information content (AvgIpc) is 2.54. The molecule has 2 heteroatoms. The number of allylic oxidation sites excluding steroid dienone is 2. The summed E-state index contributed by atoms with van der Waals surface area (Å²) in [4.78, 5) is 12.3. The fourth-order valence-corrected chi connectivity index (χ4v) is 5.45. The number of carbonyl (C=O) groups is 1. The molecular weight excluding hydrogens is 224 g/mol.